The van der Waals surface area contributed by atoms with Crippen molar-refractivity contribution in [3.63, 3.8) is 0 Å². The largest absolute Gasteiger partial charge is 0.508 e. The summed E-state index contributed by atoms with van der Waals surface area (Å²) in [6.07, 6.45) is -14.6. The number of aliphatic hydroxyl groups is 7. The van der Waals surface area contributed by atoms with Crippen molar-refractivity contribution in [2.24, 2.45) is 0 Å². The van der Waals surface area contributed by atoms with Gasteiger partial charge in [0.1, 0.15) is 78.1 Å². The Morgan fingerprint density at radius 3 is 1.96 bits per heavy atom. The Bertz CT molecular complexity index is 1980. The number of hydrogen-bond donors (Lipinski definition) is 11. The fourth-order valence-electron chi connectivity index (χ4n) is 5.75. The fourth-order valence-corrected chi connectivity index (χ4v) is 5.75. The van der Waals surface area contributed by atoms with Gasteiger partial charge in [0.25, 0.3) is 0 Å². The molecule has 0 unspecified atom stereocenters. The monoisotopic (exact) mass is 757 g/mol. The van der Waals surface area contributed by atoms with Crippen LogP contribution in [0.3, 0.4) is 0 Å². The van der Waals surface area contributed by atoms with E-state index in [-0.39, 0.29) is 39.5 Å². The molecule has 3 aromatic carbocycles. The molecule has 54 heavy (non-hydrogen) atoms. The first-order chi connectivity index (χ1) is 25.7. The molecule has 2 saturated heterocycles. The van der Waals surface area contributed by atoms with E-state index in [0.717, 1.165) is 30.3 Å². The molecule has 0 spiro atoms. The van der Waals surface area contributed by atoms with Crippen LogP contribution >= 0.6 is 0 Å². The second kappa shape index (κ2) is 16.0. The minimum absolute atomic E-state index is 0.00305. The number of phenols is 4. The van der Waals surface area contributed by atoms with Crippen LogP contribution in [0.4, 0.5) is 0 Å². The van der Waals surface area contributed by atoms with Crippen molar-refractivity contribution in [1.82, 2.24) is 0 Å². The fraction of sp³-hybridized carbons (Fsp3) is 0.333. The first-order valence-corrected chi connectivity index (χ1v) is 16.4. The van der Waals surface area contributed by atoms with E-state index in [1.54, 1.807) is 12.1 Å². The van der Waals surface area contributed by atoms with E-state index in [1.807, 2.05) is 0 Å². The second-order valence-electron chi connectivity index (χ2n) is 12.5. The number of ether oxygens (including phenoxy) is 5. The maximum Gasteiger partial charge on any atom is 0.402 e. The molecule has 2 aliphatic rings. The number of phenolic OH excluding ortho intramolecular Hbond substituents is 4. The summed E-state index contributed by atoms with van der Waals surface area (Å²) in [5, 5.41) is 113. The Morgan fingerprint density at radius 1 is 0.685 bits per heavy atom. The minimum Gasteiger partial charge on any atom is -0.508 e. The van der Waals surface area contributed by atoms with Gasteiger partial charge in [0.15, 0.2) is 11.5 Å². The van der Waals surface area contributed by atoms with Crippen molar-refractivity contribution < 1.29 is 89.1 Å². The molecular formula is C36H37O18+. The van der Waals surface area contributed by atoms with Crippen LogP contribution < -0.4 is 9.47 Å². The number of hydrogen-bond acceptors (Lipinski definition) is 17. The summed E-state index contributed by atoms with van der Waals surface area (Å²) >= 11 is 0. The van der Waals surface area contributed by atoms with Crippen LogP contribution in [0.1, 0.15) is 5.56 Å². The van der Waals surface area contributed by atoms with Crippen molar-refractivity contribution in [3.8, 4) is 45.8 Å². The Kier molecular flexibility index (Phi) is 11.4. The molecule has 0 aliphatic carbocycles. The van der Waals surface area contributed by atoms with E-state index >= 15 is 0 Å². The van der Waals surface area contributed by atoms with E-state index in [2.05, 4.69) is 0 Å². The van der Waals surface area contributed by atoms with Gasteiger partial charge in [0.05, 0.1) is 18.2 Å². The Labute approximate surface area is 304 Å². The molecule has 0 saturated carbocycles. The lowest BCUT2D eigenvalue weighted by Gasteiger charge is -2.39. The number of aliphatic hydroxyl groups excluding tert-OH is 7. The quantitative estimate of drug-likeness (QED) is 0.0433. The highest BCUT2D eigenvalue weighted by atomic mass is 16.7. The molecule has 2 aliphatic heterocycles. The first kappa shape index (κ1) is 38.4. The Hall–Kier alpha value is -5.28. The normalized spacial score (nSPS) is 28.6. The van der Waals surface area contributed by atoms with Crippen molar-refractivity contribution in [2.75, 3.05) is 13.2 Å². The van der Waals surface area contributed by atoms with Crippen molar-refractivity contribution in [1.29, 1.82) is 0 Å². The molecule has 3 heterocycles. The third kappa shape index (κ3) is 8.11. The molecule has 18 heteroatoms. The molecule has 1 aromatic heterocycles. The lowest BCUT2D eigenvalue weighted by atomic mass is 9.99. The molecule has 10 atom stereocenters. The van der Waals surface area contributed by atoms with Crippen LogP contribution in [-0.4, -0.2) is 137 Å². The molecule has 4 aromatic rings. The van der Waals surface area contributed by atoms with E-state index in [4.69, 9.17) is 28.1 Å². The summed E-state index contributed by atoms with van der Waals surface area (Å²) in [7, 11) is 0. The third-order valence-electron chi connectivity index (χ3n) is 8.74. The van der Waals surface area contributed by atoms with Crippen molar-refractivity contribution in [3.05, 3.63) is 72.3 Å². The molecule has 11 N–H and O–H groups in total. The highest BCUT2D eigenvalue weighted by molar-refractivity contribution is 5.89. The molecule has 6 rings (SSSR count). The van der Waals surface area contributed by atoms with Crippen LogP contribution in [0.15, 0.2) is 71.2 Å². The average molecular weight is 758 g/mol. The molecule has 288 valence electrons. The summed E-state index contributed by atoms with van der Waals surface area (Å²) in [6.45, 7) is -1.36. The van der Waals surface area contributed by atoms with Crippen LogP contribution in [0.5, 0.6) is 34.5 Å². The number of esters is 1. The molecule has 0 bridgehead atoms. The van der Waals surface area contributed by atoms with Gasteiger partial charge in [0.2, 0.25) is 18.3 Å². The lowest BCUT2D eigenvalue weighted by Crippen LogP contribution is -2.60. The molecule has 0 radical (unpaired) electrons. The zero-order chi connectivity index (χ0) is 38.8. The number of aromatic hydroxyl groups is 4. The number of carbonyl (C=O) groups excluding carboxylic acids is 1. The number of benzene rings is 3. The van der Waals surface area contributed by atoms with Crippen LogP contribution in [0.2, 0.25) is 0 Å². The highest BCUT2D eigenvalue weighted by Gasteiger charge is 2.47. The van der Waals surface area contributed by atoms with Crippen LogP contribution in [0.25, 0.3) is 28.4 Å². The SMILES string of the molecule is O=C(/C=C/c1ccc(O)cc1)OC[C@H]1O[C@@H](Oc2cc3c(O[C@@H]4O[C@H](CO)[C@@H](O)[C@H](O)[C@H]4O)cc(O)cc3[o+]c2-c2ccc(O)c(O)c2)[C@H](O)[C@@H](O)[C@@H]1O. The van der Waals surface area contributed by atoms with E-state index in [9.17, 15) is 61.0 Å². The second-order valence-corrected chi connectivity index (χ2v) is 12.5. The van der Waals surface area contributed by atoms with Gasteiger partial charge in [-0.1, -0.05) is 12.1 Å². The van der Waals surface area contributed by atoms with E-state index < -0.39 is 97.8 Å². The van der Waals surface area contributed by atoms with Gasteiger partial charge < -0.3 is 79.9 Å². The molecule has 2 fully saturated rings. The summed E-state index contributed by atoms with van der Waals surface area (Å²) < 4.78 is 34.2. The zero-order valence-corrected chi connectivity index (χ0v) is 27.9. The summed E-state index contributed by atoms with van der Waals surface area (Å²) in [5.41, 5.74) is 0.551. The predicted molar refractivity (Wildman–Crippen MR) is 181 cm³/mol. The van der Waals surface area contributed by atoms with Gasteiger partial charge in [-0.15, -0.1) is 0 Å². The minimum atomic E-state index is -1.91. The number of rotatable bonds is 10. The summed E-state index contributed by atoms with van der Waals surface area (Å²) in [5.74, 6) is -3.00. The summed E-state index contributed by atoms with van der Waals surface area (Å²) in [4.78, 5) is 12.4. The van der Waals surface area contributed by atoms with Gasteiger partial charge in [-0.3, -0.25) is 0 Å². The third-order valence-corrected chi connectivity index (χ3v) is 8.74. The summed E-state index contributed by atoms with van der Waals surface area (Å²) in [6, 6.07) is 13.0. The lowest BCUT2D eigenvalue weighted by molar-refractivity contribution is -0.278. The van der Waals surface area contributed by atoms with Crippen molar-refractivity contribution >= 4 is 23.0 Å². The molecule has 18 nitrogen and oxygen atoms in total. The van der Waals surface area contributed by atoms with Crippen LogP contribution in [0, 0.1) is 0 Å². The van der Waals surface area contributed by atoms with Gasteiger partial charge >= 0.3 is 17.3 Å². The molecule has 0 amide bonds. The van der Waals surface area contributed by atoms with Crippen molar-refractivity contribution in [2.45, 2.75) is 61.4 Å². The maximum absolute atomic E-state index is 12.4. The maximum atomic E-state index is 12.4. The van der Waals surface area contributed by atoms with E-state index in [0.29, 0.717) is 5.56 Å². The standard InChI is InChI=1S/C36H36O18/c37-13-25-28(43)30(45)32(47)35(53-25)51-23-11-18(39)10-22-19(23)12-24(34(50-22)16-4-7-20(40)21(41)9-16)52-36-33(48)31(46)29(44)26(54-36)14-49-27(42)8-3-15-1-5-17(38)6-2-15/h1-12,25-26,28-33,35-37,43-48H,13-14H2,(H3-,38,39,40,41,42)/p+1/t25-,26-,28-,29-,30+,31+,32-,33-,35-,36-/m1/s1. The first-order valence-electron chi connectivity index (χ1n) is 16.4. The Morgan fingerprint density at radius 2 is 1.31 bits per heavy atom. The predicted octanol–water partition coefficient (Wildman–Crippen LogP) is -0.175. The van der Waals surface area contributed by atoms with Gasteiger partial charge in [-0.25, -0.2) is 9.21 Å². The van der Waals surface area contributed by atoms with Gasteiger partial charge in [-0.05, 0) is 35.9 Å². The van der Waals surface area contributed by atoms with E-state index in [1.165, 1.54) is 30.3 Å². The number of fused-ring (bicyclic) bond motifs is 1. The van der Waals surface area contributed by atoms with Gasteiger partial charge in [0, 0.05) is 24.3 Å². The Balaban J connectivity index is 1.31. The topological polar surface area (TPSA) is 297 Å². The molecular weight excluding hydrogens is 720 g/mol. The van der Waals surface area contributed by atoms with Crippen LogP contribution in [-0.2, 0) is 19.0 Å². The zero-order valence-electron chi connectivity index (χ0n) is 27.9. The smallest absolute Gasteiger partial charge is 0.402 e. The average Bonchev–Trinajstić information content (AvgIpc) is 3.15. The highest BCUT2D eigenvalue weighted by Crippen LogP contribution is 2.43. The van der Waals surface area contributed by atoms with Gasteiger partial charge in [-0.2, -0.15) is 0 Å². The number of carbonyl (C=O) groups is 1.